The summed E-state index contributed by atoms with van der Waals surface area (Å²) in [5.74, 6) is -0.968. The maximum absolute atomic E-state index is 12.6. The topological polar surface area (TPSA) is 84.1 Å². The molecule has 156 valence electrons. The summed E-state index contributed by atoms with van der Waals surface area (Å²) in [6, 6.07) is 17.5. The van der Waals surface area contributed by atoms with Gasteiger partial charge in [-0.2, -0.15) is 5.26 Å². The summed E-state index contributed by atoms with van der Waals surface area (Å²) in [7, 11) is 1.33. The summed E-state index contributed by atoms with van der Waals surface area (Å²) in [6.07, 6.45) is 1.53. The molecule has 0 bridgehead atoms. The van der Waals surface area contributed by atoms with Gasteiger partial charge >= 0.3 is 5.97 Å². The Morgan fingerprint density at radius 3 is 2.45 bits per heavy atom. The third-order valence-electron chi connectivity index (χ3n) is 4.79. The Morgan fingerprint density at radius 1 is 1.13 bits per heavy atom. The molecule has 0 radical (unpaired) electrons. The molecule has 1 amide bonds. The maximum Gasteiger partial charge on any atom is 0.339 e. The fourth-order valence-corrected chi connectivity index (χ4v) is 3.42. The van der Waals surface area contributed by atoms with E-state index in [9.17, 15) is 14.9 Å². The molecule has 3 rings (SSSR count). The van der Waals surface area contributed by atoms with Gasteiger partial charge in [-0.15, -0.1) is 0 Å². The van der Waals surface area contributed by atoms with Gasteiger partial charge in [-0.05, 0) is 68.0 Å². The van der Waals surface area contributed by atoms with E-state index < -0.39 is 11.9 Å². The van der Waals surface area contributed by atoms with Gasteiger partial charge in [0.15, 0.2) is 0 Å². The molecular weight excluding hydrogens is 414 g/mol. The van der Waals surface area contributed by atoms with Crippen LogP contribution >= 0.6 is 11.6 Å². The smallest absolute Gasteiger partial charge is 0.339 e. The highest BCUT2D eigenvalue weighted by atomic mass is 35.5. The number of halogens is 1. The molecule has 1 heterocycles. The first kappa shape index (κ1) is 21.9. The number of nitrogens with zero attached hydrogens (tertiary/aromatic N) is 2. The summed E-state index contributed by atoms with van der Waals surface area (Å²) in [4.78, 5) is 24.8. The van der Waals surface area contributed by atoms with Gasteiger partial charge in [-0.1, -0.05) is 23.7 Å². The number of esters is 1. The average Bonchev–Trinajstić information content (AvgIpc) is 3.05. The number of hydrogen-bond acceptors (Lipinski definition) is 4. The second-order valence-electron chi connectivity index (χ2n) is 6.80. The standard InChI is InChI=1S/C24H20ClN3O3/c1-15-12-17(13-18(14-26)23(29)27-20-10-8-19(25)9-11-20)16(2)28(15)22-7-5-4-6-21(22)24(30)31-3/h4-13H,1-3H3,(H,27,29)/b18-13-. The van der Waals surface area contributed by atoms with E-state index in [0.717, 1.165) is 11.4 Å². The zero-order valence-electron chi connectivity index (χ0n) is 17.3. The van der Waals surface area contributed by atoms with E-state index in [2.05, 4.69) is 5.32 Å². The Kier molecular flexibility index (Phi) is 6.58. The number of ether oxygens (including phenoxy) is 1. The number of para-hydroxylation sites is 1. The number of benzene rings is 2. The molecule has 0 aliphatic rings. The lowest BCUT2D eigenvalue weighted by Gasteiger charge is -2.13. The zero-order valence-corrected chi connectivity index (χ0v) is 18.0. The fourth-order valence-electron chi connectivity index (χ4n) is 3.29. The van der Waals surface area contributed by atoms with Gasteiger partial charge in [-0.3, -0.25) is 4.79 Å². The van der Waals surface area contributed by atoms with E-state index in [1.807, 2.05) is 42.7 Å². The molecule has 31 heavy (non-hydrogen) atoms. The fraction of sp³-hybridized carbons (Fsp3) is 0.125. The molecule has 1 N–H and O–H groups in total. The van der Waals surface area contributed by atoms with Crippen LogP contribution in [0.1, 0.15) is 27.3 Å². The van der Waals surface area contributed by atoms with Crippen LogP contribution in [0, 0.1) is 25.2 Å². The lowest BCUT2D eigenvalue weighted by atomic mass is 10.1. The normalized spacial score (nSPS) is 11.0. The van der Waals surface area contributed by atoms with E-state index in [0.29, 0.717) is 27.5 Å². The molecule has 1 aromatic heterocycles. The van der Waals surface area contributed by atoms with Crippen LogP contribution in [-0.4, -0.2) is 23.6 Å². The molecule has 0 aliphatic carbocycles. The highest BCUT2D eigenvalue weighted by Gasteiger charge is 2.18. The molecule has 0 saturated heterocycles. The third-order valence-corrected chi connectivity index (χ3v) is 5.04. The van der Waals surface area contributed by atoms with Crippen LogP contribution in [0.15, 0.2) is 60.2 Å². The van der Waals surface area contributed by atoms with E-state index in [-0.39, 0.29) is 5.57 Å². The SMILES string of the molecule is COC(=O)c1ccccc1-n1c(C)cc(/C=C(/C#N)C(=O)Nc2ccc(Cl)cc2)c1C. The lowest BCUT2D eigenvalue weighted by molar-refractivity contribution is -0.112. The number of methoxy groups -OCH3 is 1. The predicted molar refractivity (Wildman–Crippen MR) is 120 cm³/mol. The summed E-state index contributed by atoms with van der Waals surface area (Å²) < 4.78 is 6.79. The van der Waals surface area contributed by atoms with Crippen LogP contribution in [0.2, 0.25) is 5.02 Å². The summed E-state index contributed by atoms with van der Waals surface area (Å²) in [5, 5.41) is 12.8. The van der Waals surface area contributed by atoms with Crippen LogP contribution in [0.4, 0.5) is 5.69 Å². The molecule has 0 atom stereocenters. The summed E-state index contributed by atoms with van der Waals surface area (Å²) in [6.45, 7) is 3.75. The Bertz CT molecular complexity index is 1220. The van der Waals surface area contributed by atoms with Crippen LogP contribution < -0.4 is 5.32 Å². The van der Waals surface area contributed by atoms with Gasteiger partial charge in [0.05, 0.1) is 18.4 Å². The number of hydrogen-bond donors (Lipinski definition) is 1. The van der Waals surface area contributed by atoms with Gasteiger partial charge in [-0.25, -0.2) is 4.79 Å². The molecule has 2 aromatic carbocycles. The van der Waals surface area contributed by atoms with Crippen molar-refractivity contribution in [3.63, 3.8) is 0 Å². The number of nitriles is 1. The molecule has 0 aliphatic heterocycles. The number of aromatic nitrogens is 1. The van der Waals surface area contributed by atoms with Gasteiger partial charge < -0.3 is 14.6 Å². The number of carbonyl (C=O) groups is 2. The van der Waals surface area contributed by atoms with Crippen molar-refractivity contribution in [3.8, 4) is 11.8 Å². The van der Waals surface area contributed by atoms with Crippen molar-refractivity contribution in [1.82, 2.24) is 4.57 Å². The number of anilines is 1. The van der Waals surface area contributed by atoms with Crippen LogP contribution in [0.5, 0.6) is 0 Å². The van der Waals surface area contributed by atoms with E-state index in [1.165, 1.54) is 13.2 Å². The Hall–Kier alpha value is -3.82. The second kappa shape index (κ2) is 9.33. The molecule has 7 heteroatoms. The number of carbonyl (C=O) groups excluding carboxylic acids is 2. The summed E-state index contributed by atoms with van der Waals surface area (Å²) >= 11 is 5.86. The van der Waals surface area contributed by atoms with Crippen molar-refractivity contribution in [2.45, 2.75) is 13.8 Å². The monoisotopic (exact) mass is 433 g/mol. The van der Waals surface area contributed by atoms with E-state index in [1.54, 1.807) is 36.4 Å². The van der Waals surface area contributed by atoms with E-state index in [4.69, 9.17) is 16.3 Å². The van der Waals surface area contributed by atoms with Gasteiger partial charge in [0.2, 0.25) is 0 Å². The molecule has 6 nitrogen and oxygen atoms in total. The minimum absolute atomic E-state index is 0.0450. The molecule has 0 spiro atoms. The van der Waals surface area contributed by atoms with Crippen LogP contribution in [0.25, 0.3) is 11.8 Å². The van der Waals surface area contributed by atoms with Gasteiger partial charge in [0, 0.05) is 22.1 Å². The van der Waals surface area contributed by atoms with Crippen molar-refractivity contribution >= 4 is 35.2 Å². The lowest BCUT2D eigenvalue weighted by Crippen LogP contribution is -2.13. The summed E-state index contributed by atoms with van der Waals surface area (Å²) in [5.41, 5.74) is 3.89. The molecular formula is C24H20ClN3O3. The maximum atomic E-state index is 12.6. The first-order valence-corrected chi connectivity index (χ1v) is 9.79. The second-order valence-corrected chi connectivity index (χ2v) is 7.24. The van der Waals surface area contributed by atoms with Crippen molar-refractivity contribution < 1.29 is 14.3 Å². The van der Waals surface area contributed by atoms with Crippen LogP contribution in [0.3, 0.4) is 0 Å². The van der Waals surface area contributed by atoms with Crippen molar-refractivity contribution in [2.24, 2.45) is 0 Å². The van der Waals surface area contributed by atoms with E-state index >= 15 is 0 Å². The Labute approximate surface area is 185 Å². The largest absolute Gasteiger partial charge is 0.465 e. The highest BCUT2D eigenvalue weighted by molar-refractivity contribution is 6.30. The molecule has 0 unspecified atom stereocenters. The minimum Gasteiger partial charge on any atom is -0.465 e. The molecule has 0 saturated carbocycles. The van der Waals surface area contributed by atoms with Crippen molar-refractivity contribution in [3.05, 3.63) is 87.7 Å². The molecule has 3 aromatic rings. The number of amides is 1. The Balaban J connectivity index is 1.98. The van der Waals surface area contributed by atoms with Gasteiger partial charge in [0.1, 0.15) is 11.6 Å². The first-order chi connectivity index (χ1) is 14.8. The average molecular weight is 434 g/mol. The quantitative estimate of drug-likeness (QED) is 0.345. The predicted octanol–water partition coefficient (Wildman–Crippen LogP) is 5.08. The van der Waals surface area contributed by atoms with Crippen LogP contribution in [-0.2, 0) is 9.53 Å². The third kappa shape index (κ3) is 4.68. The zero-order chi connectivity index (χ0) is 22.5. The number of nitrogens with one attached hydrogen (secondary N) is 1. The first-order valence-electron chi connectivity index (χ1n) is 9.41. The Morgan fingerprint density at radius 2 is 1.81 bits per heavy atom. The minimum atomic E-state index is -0.524. The number of aryl methyl sites for hydroxylation is 1. The molecule has 0 fully saturated rings. The van der Waals surface area contributed by atoms with Crippen molar-refractivity contribution in [1.29, 1.82) is 5.26 Å². The van der Waals surface area contributed by atoms with Gasteiger partial charge in [0.25, 0.3) is 5.91 Å². The number of rotatable bonds is 5. The highest BCUT2D eigenvalue weighted by Crippen LogP contribution is 2.26. The van der Waals surface area contributed by atoms with Crippen molar-refractivity contribution in [2.75, 3.05) is 12.4 Å².